The van der Waals surface area contributed by atoms with Gasteiger partial charge in [0.25, 0.3) is 5.91 Å². The second-order valence-corrected chi connectivity index (χ2v) is 6.45. The lowest BCUT2D eigenvalue weighted by Crippen LogP contribution is -2.26. The van der Waals surface area contributed by atoms with Crippen molar-refractivity contribution in [1.82, 2.24) is 5.32 Å². The first-order valence-corrected chi connectivity index (χ1v) is 8.83. The van der Waals surface area contributed by atoms with Gasteiger partial charge in [-0.15, -0.1) is 0 Å². The molecule has 2 aromatic carbocycles. The van der Waals surface area contributed by atoms with Gasteiger partial charge in [-0.05, 0) is 48.4 Å². The van der Waals surface area contributed by atoms with Crippen molar-refractivity contribution in [3.63, 3.8) is 0 Å². The fourth-order valence-corrected chi connectivity index (χ4v) is 2.76. The maximum atomic E-state index is 13.8. The summed E-state index contributed by atoms with van der Waals surface area (Å²) in [6.07, 6.45) is 1.77. The Hall–Kier alpha value is -2.85. The number of hydrogen-bond donors (Lipinski definition) is 1. The normalized spacial score (nSPS) is 10.9. The van der Waals surface area contributed by atoms with Crippen LogP contribution in [0.1, 0.15) is 11.1 Å². The number of benzene rings is 2. The van der Waals surface area contributed by atoms with E-state index in [4.69, 9.17) is 9.47 Å². The molecule has 140 valence electrons. The minimum atomic E-state index is -0.558. The molecule has 0 bridgehead atoms. The summed E-state index contributed by atoms with van der Waals surface area (Å²) >= 11 is 3.24. The lowest BCUT2D eigenvalue weighted by molar-refractivity contribution is -0.117. The zero-order valence-electron chi connectivity index (χ0n) is 14.9. The van der Waals surface area contributed by atoms with Crippen LogP contribution in [0.5, 0.6) is 11.5 Å². The van der Waals surface area contributed by atoms with Gasteiger partial charge in [0.1, 0.15) is 17.5 Å². The second kappa shape index (κ2) is 9.74. The zero-order valence-corrected chi connectivity index (χ0v) is 16.5. The summed E-state index contributed by atoms with van der Waals surface area (Å²) in [5.74, 6) is 0.154. The van der Waals surface area contributed by atoms with E-state index in [-0.39, 0.29) is 11.1 Å². The topological polar surface area (TPSA) is 71.3 Å². The molecule has 1 amide bonds. The van der Waals surface area contributed by atoms with Crippen molar-refractivity contribution in [1.29, 1.82) is 5.26 Å². The lowest BCUT2D eigenvalue weighted by Gasteiger charge is -2.10. The summed E-state index contributed by atoms with van der Waals surface area (Å²) in [7, 11) is 3.11. The minimum Gasteiger partial charge on any atom is -0.493 e. The van der Waals surface area contributed by atoms with E-state index in [0.717, 1.165) is 5.56 Å². The van der Waals surface area contributed by atoms with Crippen molar-refractivity contribution in [2.24, 2.45) is 0 Å². The molecule has 0 heterocycles. The Morgan fingerprint density at radius 2 is 1.96 bits per heavy atom. The van der Waals surface area contributed by atoms with Crippen molar-refractivity contribution in [2.75, 3.05) is 20.8 Å². The molecule has 2 rings (SSSR count). The number of methoxy groups -OCH3 is 2. The molecule has 0 aliphatic carbocycles. The molecule has 0 fully saturated rings. The molecule has 27 heavy (non-hydrogen) atoms. The fraction of sp³-hybridized carbons (Fsp3) is 0.200. The Bertz CT molecular complexity index is 907. The third-order valence-corrected chi connectivity index (χ3v) is 4.26. The number of carbonyl (C=O) groups excluding carboxylic acids is 1. The molecular formula is C20H18BrFN2O3. The van der Waals surface area contributed by atoms with Gasteiger partial charge >= 0.3 is 0 Å². The van der Waals surface area contributed by atoms with Crippen LogP contribution in [-0.4, -0.2) is 26.7 Å². The molecule has 0 unspecified atom stereocenters. The Morgan fingerprint density at radius 1 is 1.22 bits per heavy atom. The molecule has 0 atom stereocenters. The van der Waals surface area contributed by atoms with Crippen molar-refractivity contribution < 1.29 is 18.7 Å². The van der Waals surface area contributed by atoms with Gasteiger partial charge in [-0.1, -0.05) is 22.0 Å². The first-order valence-electron chi connectivity index (χ1n) is 8.04. The van der Waals surface area contributed by atoms with E-state index in [0.29, 0.717) is 28.9 Å². The van der Waals surface area contributed by atoms with Crippen molar-refractivity contribution in [3.05, 3.63) is 63.4 Å². The third kappa shape index (κ3) is 5.56. The van der Waals surface area contributed by atoms with E-state index in [1.165, 1.54) is 18.2 Å². The van der Waals surface area contributed by atoms with Crippen molar-refractivity contribution >= 4 is 27.9 Å². The van der Waals surface area contributed by atoms with Crippen LogP contribution in [0.3, 0.4) is 0 Å². The smallest absolute Gasteiger partial charge is 0.261 e. The van der Waals surface area contributed by atoms with Crippen LogP contribution >= 0.6 is 15.9 Å². The van der Waals surface area contributed by atoms with Crippen molar-refractivity contribution in [2.45, 2.75) is 6.42 Å². The maximum absolute atomic E-state index is 13.8. The van der Waals surface area contributed by atoms with Gasteiger partial charge in [0, 0.05) is 16.6 Å². The molecule has 1 N–H and O–H groups in total. The van der Waals surface area contributed by atoms with Gasteiger partial charge in [0.15, 0.2) is 11.5 Å². The first-order chi connectivity index (χ1) is 13.0. The third-order valence-electron chi connectivity index (χ3n) is 3.77. The molecular weight excluding hydrogens is 415 g/mol. The van der Waals surface area contributed by atoms with E-state index in [9.17, 15) is 14.4 Å². The number of amides is 1. The van der Waals surface area contributed by atoms with Crippen LogP contribution < -0.4 is 14.8 Å². The number of carbonyl (C=O) groups is 1. The molecule has 2 aromatic rings. The molecule has 0 saturated carbocycles. The van der Waals surface area contributed by atoms with Crippen LogP contribution in [0, 0.1) is 17.1 Å². The molecule has 0 aliphatic heterocycles. The van der Waals surface area contributed by atoms with Crippen LogP contribution in [0.25, 0.3) is 6.08 Å². The standard InChI is InChI=1S/C20H18BrFN2O3/c1-26-18-6-3-13(9-19(18)27-2)7-8-24-20(25)15(12-23)10-14-11-16(21)4-5-17(14)22/h3-6,9-11H,7-8H2,1-2H3,(H,24,25)/b15-10+. The number of nitrogens with one attached hydrogen (secondary N) is 1. The molecule has 7 heteroatoms. The van der Waals surface area contributed by atoms with Crippen LogP contribution in [-0.2, 0) is 11.2 Å². The SMILES string of the molecule is COc1ccc(CCNC(=O)/C(C#N)=C/c2cc(Br)ccc2F)cc1OC. The number of nitriles is 1. The molecule has 0 radical (unpaired) electrons. The van der Waals surface area contributed by atoms with E-state index in [1.54, 1.807) is 26.4 Å². The van der Waals surface area contributed by atoms with Crippen LogP contribution in [0.4, 0.5) is 4.39 Å². The predicted octanol–water partition coefficient (Wildman–Crippen LogP) is 3.87. The zero-order chi connectivity index (χ0) is 19.8. The Morgan fingerprint density at radius 3 is 2.63 bits per heavy atom. The quantitative estimate of drug-likeness (QED) is 0.532. The van der Waals surface area contributed by atoms with E-state index < -0.39 is 11.7 Å². The summed E-state index contributed by atoms with van der Waals surface area (Å²) < 4.78 is 24.9. The molecule has 5 nitrogen and oxygen atoms in total. The number of nitrogens with zero attached hydrogens (tertiary/aromatic N) is 1. The van der Waals surface area contributed by atoms with E-state index >= 15 is 0 Å². The summed E-state index contributed by atoms with van der Waals surface area (Å²) in [4.78, 5) is 12.2. The van der Waals surface area contributed by atoms with Crippen LogP contribution in [0.15, 0.2) is 46.4 Å². The second-order valence-electron chi connectivity index (χ2n) is 5.53. The number of rotatable bonds is 7. The first kappa shape index (κ1) is 20.5. The van der Waals surface area contributed by atoms with Gasteiger partial charge in [0.2, 0.25) is 0 Å². The Labute approximate surface area is 165 Å². The van der Waals surface area contributed by atoms with E-state index in [2.05, 4.69) is 21.2 Å². The Balaban J connectivity index is 2.03. The van der Waals surface area contributed by atoms with Gasteiger partial charge in [-0.25, -0.2) is 4.39 Å². The van der Waals surface area contributed by atoms with Gasteiger partial charge in [-0.3, -0.25) is 4.79 Å². The minimum absolute atomic E-state index is 0.163. The van der Waals surface area contributed by atoms with Gasteiger partial charge in [-0.2, -0.15) is 5.26 Å². The summed E-state index contributed by atoms with van der Waals surface area (Å²) in [6, 6.07) is 11.6. The predicted molar refractivity (Wildman–Crippen MR) is 104 cm³/mol. The molecule has 0 spiro atoms. The number of halogens is 2. The number of hydrogen-bond acceptors (Lipinski definition) is 4. The Kier molecular flexibility index (Phi) is 7.38. The van der Waals surface area contributed by atoms with Gasteiger partial charge < -0.3 is 14.8 Å². The highest BCUT2D eigenvalue weighted by atomic mass is 79.9. The summed E-state index contributed by atoms with van der Waals surface area (Å²) in [5.41, 5.74) is 0.934. The molecule has 0 aliphatic rings. The largest absolute Gasteiger partial charge is 0.493 e. The molecule has 0 saturated heterocycles. The monoisotopic (exact) mass is 432 g/mol. The number of ether oxygens (including phenoxy) is 2. The average Bonchev–Trinajstić information content (AvgIpc) is 2.68. The summed E-state index contributed by atoms with van der Waals surface area (Å²) in [5, 5.41) is 11.9. The maximum Gasteiger partial charge on any atom is 0.261 e. The highest BCUT2D eigenvalue weighted by molar-refractivity contribution is 9.10. The average molecular weight is 433 g/mol. The van der Waals surface area contributed by atoms with Crippen LogP contribution in [0.2, 0.25) is 0 Å². The fourth-order valence-electron chi connectivity index (χ4n) is 2.38. The molecule has 0 aromatic heterocycles. The highest BCUT2D eigenvalue weighted by Crippen LogP contribution is 2.27. The van der Waals surface area contributed by atoms with E-state index in [1.807, 2.05) is 18.2 Å². The highest BCUT2D eigenvalue weighted by Gasteiger charge is 2.11. The van der Waals surface area contributed by atoms with Crippen molar-refractivity contribution in [3.8, 4) is 17.6 Å². The van der Waals surface area contributed by atoms with Gasteiger partial charge in [0.05, 0.1) is 14.2 Å². The lowest BCUT2D eigenvalue weighted by atomic mass is 10.1. The summed E-state index contributed by atoms with van der Waals surface area (Å²) in [6.45, 7) is 0.314.